The number of aliphatic hydroxyl groups excluding tert-OH is 1. The summed E-state index contributed by atoms with van der Waals surface area (Å²) in [5.41, 5.74) is -0.320. The fraction of sp³-hybridized carbons (Fsp3) is 0.727. The summed E-state index contributed by atoms with van der Waals surface area (Å²) in [6.45, 7) is 3.81. The number of nitrogens with one attached hydrogen (secondary N) is 1. The van der Waals surface area contributed by atoms with Gasteiger partial charge in [-0.2, -0.15) is 15.0 Å². The summed E-state index contributed by atoms with van der Waals surface area (Å²) < 4.78 is 5.39. The molecule has 2 rings (SSSR count). The van der Waals surface area contributed by atoms with Gasteiger partial charge in [0.2, 0.25) is 11.2 Å². The van der Waals surface area contributed by atoms with Crippen molar-refractivity contribution < 1.29 is 9.84 Å². The molecule has 0 spiro atoms. The Morgan fingerprint density at radius 2 is 2.11 bits per heavy atom. The molecule has 1 aromatic rings. The monoisotopic (exact) mass is 272 g/mol. The normalized spacial score (nSPS) is 17.4. The number of anilines is 1. The first-order valence-corrected chi connectivity index (χ1v) is 6.38. The number of ether oxygens (including phenoxy) is 1. The molecule has 0 bridgehead atoms. The number of hydrogen-bond donors (Lipinski definition) is 2. The zero-order valence-corrected chi connectivity index (χ0v) is 11.2. The maximum atomic E-state index is 9.38. The van der Waals surface area contributed by atoms with E-state index in [1.165, 1.54) is 0 Å². The van der Waals surface area contributed by atoms with Crippen molar-refractivity contribution in [1.82, 2.24) is 15.0 Å². The van der Waals surface area contributed by atoms with Crippen LogP contribution in [0.1, 0.15) is 33.1 Å². The van der Waals surface area contributed by atoms with E-state index in [1.807, 2.05) is 13.8 Å². The summed E-state index contributed by atoms with van der Waals surface area (Å²) in [6.07, 6.45) is 2.84. The third-order valence-electron chi connectivity index (χ3n) is 2.92. The molecule has 1 aromatic heterocycles. The smallest absolute Gasteiger partial charge is 0.322 e. The van der Waals surface area contributed by atoms with E-state index in [0.717, 1.165) is 19.3 Å². The van der Waals surface area contributed by atoms with Gasteiger partial charge in [0.15, 0.2) is 0 Å². The van der Waals surface area contributed by atoms with Crippen LogP contribution in [0.25, 0.3) is 0 Å². The molecular formula is C11H17ClN4O2. The van der Waals surface area contributed by atoms with Crippen LogP contribution in [0.5, 0.6) is 6.01 Å². The molecule has 0 radical (unpaired) electrons. The van der Waals surface area contributed by atoms with Crippen LogP contribution in [0.3, 0.4) is 0 Å². The average molecular weight is 273 g/mol. The van der Waals surface area contributed by atoms with Gasteiger partial charge < -0.3 is 15.2 Å². The molecule has 100 valence electrons. The van der Waals surface area contributed by atoms with E-state index in [4.69, 9.17) is 16.3 Å². The first kappa shape index (κ1) is 13.3. The number of hydrogen-bond acceptors (Lipinski definition) is 6. The summed E-state index contributed by atoms with van der Waals surface area (Å²) in [7, 11) is 0. The Hall–Kier alpha value is -1.14. The zero-order chi connectivity index (χ0) is 13.2. The SMILES string of the molecule is CC(C)Oc1nc(Cl)nc(NC2(CO)CCC2)n1. The summed E-state index contributed by atoms with van der Waals surface area (Å²) in [6, 6.07) is 0.194. The van der Waals surface area contributed by atoms with Crippen molar-refractivity contribution in [3.63, 3.8) is 0 Å². The Bertz CT molecular complexity index is 418. The summed E-state index contributed by atoms with van der Waals surface area (Å²) in [5.74, 6) is 0.347. The molecule has 1 fully saturated rings. The van der Waals surface area contributed by atoms with Crippen LogP contribution < -0.4 is 10.1 Å². The number of aliphatic hydroxyl groups is 1. The van der Waals surface area contributed by atoms with Crippen LogP contribution >= 0.6 is 11.6 Å². The molecule has 0 saturated heterocycles. The minimum absolute atomic E-state index is 0.0354. The standard InChI is InChI=1S/C11H17ClN4O2/c1-7(2)18-10-14-8(12)13-9(15-10)16-11(6-17)4-3-5-11/h7,17H,3-6H2,1-2H3,(H,13,14,15,16). The highest BCUT2D eigenvalue weighted by atomic mass is 35.5. The van der Waals surface area contributed by atoms with Gasteiger partial charge in [0.1, 0.15) is 0 Å². The molecule has 1 heterocycles. The van der Waals surface area contributed by atoms with Gasteiger partial charge in [-0.25, -0.2) is 0 Å². The third-order valence-corrected chi connectivity index (χ3v) is 3.09. The molecule has 7 heteroatoms. The van der Waals surface area contributed by atoms with Crippen molar-refractivity contribution in [3.05, 3.63) is 5.28 Å². The van der Waals surface area contributed by atoms with Crippen LogP contribution in [0.2, 0.25) is 5.28 Å². The van der Waals surface area contributed by atoms with E-state index >= 15 is 0 Å². The third kappa shape index (κ3) is 3.00. The van der Waals surface area contributed by atoms with E-state index in [-0.39, 0.29) is 29.5 Å². The minimum Gasteiger partial charge on any atom is -0.461 e. The highest BCUT2D eigenvalue weighted by Gasteiger charge is 2.37. The second-order valence-electron chi connectivity index (χ2n) is 4.79. The number of rotatable bonds is 5. The van der Waals surface area contributed by atoms with E-state index in [2.05, 4.69) is 20.3 Å². The van der Waals surface area contributed by atoms with E-state index in [0.29, 0.717) is 5.95 Å². The fourth-order valence-electron chi connectivity index (χ4n) is 1.81. The number of nitrogens with zero attached hydrogens (tertiary/aromatic N) is 3. The molecule has 6 nitrogen and oxygen atoms in total. The quantitative estimate of drug-likeness (QED) is 0.848. The van der Waals surface area contributed by atoms with Crippen molar-refractivity contribution in [2.24, 2.45) is 0 Å². The van der Waals surface area contributed by atoms with Crippen molar-refractivity contribution in [2.75, 3.05) is 11.9 Å². The van der Waals surface area contributed by atoms with Crippen molar-refractivity contribution in [2.45, 2.75) is 44.8 Å². The zero-order valence-electron chi connectivity index (χ0n) is 10.5. The lowest BCUT2D eigenvalue weighted by Crippen LogP contribution is -2.48. The lowest BCUT2D eigenvalue weighted by atomic mass is 9.77. The molecule has 18 heavy (non-hydrogen) atoms. The van der Waals surface area contributed by atoms with Crippen LogP contribution in [0, 0.1) is 0 Å². The molecule has 0 unspecified atom stereocenters. The van der Waals surface area contributed by atoms with Gasteiger partial charge >= 0.3 is 6.01 Å². The average Bonchev–Trinajstić information content (AvgIpc) is 2.21. The van der Waals surface area contributed by atoms with Crippen LogP contribution in [0.15, 0.2) is 0 Å². The predicted molar refractivity (Wildman–Crippen MR) is 67.9 cm³/mol. The Kier molecular flexibility index (Phi) is 3.87. The molecule has 1 aliphatic carbocycles. The van der Waals surface area contributed by atoms with Crippen molar-refractivity contribution in [1.29, 1.82) is 0 Å². The van der Waals surface area contributed by atoms with E-state index in [1.54, 1.807) is 0 Å². The lowest BCUT2D eigenvalue weighted by Gasteiger charge is -2.40. The fourth-order valence-corrected chi connectivity index (χ4v) is 1.97. The number of aromatic nitrogens is 3. The number of halogens is 1. The summed E-state index contributed by atoms with van der Waals surface area (Å²) in [5, 5.41) is 12.6. The van der Waals surface area contributed by atoms with E-state index in [9.17, 15) is 5.11 Å². The molecule has 0 aliphatic heterocycles. The molecule has 0 atom stereocenters. The Morgan fingerprint density at radius 3 is 2.61 bits per heavy atom. The summed E-state index contributed by atoms with van der Waals surface area (Å²) >= 11 is 5.82. The van der Waals surface area contributed by atoms with Gasteiger partial charge in [-0.1, -0.05) is 0 Å². The van der Waals surface area contributed by atoms with Crippen LogP contribution in [-0.2, 0) is 0 Å². The van der Waals surface area contributed by atoms with Gasteiger partial charge in [0.05, 0.1) is 18.2 Å². The topological polar surface area (TPSA) is 80.2 Å². The Labute approximate surface area is 111 Å². The van der Waals surface area contributed by atoms with Crippen molar-refractivity contribution >= 4 is 17.5 Å². The molecule has 0 amide bonds. The molecule has 1 aliphatic rings. The molecular weight excluding hydrogens is 256 g/mol. The maximum Gasteiger partial charge on any atom is 0.322 e. The van der Waals surface area contributed by atoms with Gasteiger partial charge in [0, 0.05) is 0 Å². The lowest BCUT2D eigenvalue weighted by molar-refractivity contribution is 0.143. The van der Waals surface area contributed by atoms with Crippen LogP contribution in [0.4, 0.5) is 5.95 Å². The summed E-state index contributed by atoms with van der Waals surface area (Å²) in [4.78, 5) is 12.0. The predicted octanol–water partition coefficient (Wildman–Crippen LogP) is 1.64. The van der Waals surface area contributed by atoms with Crippen LogP contribution in [-0.4, -0.2) is 38.3 Å². The van der Waals surface area contributed by atoms with Crippen molar-refractivity contribution in [3.8, 4) is 6.01 Å². The largest absolute Gasteiger partial charge is 0.461 e. The maximum absolute atomic E-state index is 9.38. The first-order valence-electron chi connectivity index (χ1n) is 6.00. The molecule has 2 N–H and O–H groups in total. The second-order valence-corrected chi connectivity index (χ2v) is 5.13. The molecule has 1 saturated carbocycles. The Morgan fingerprint density at radius 1 is 1.39 bits per heavy atom. The Balaban J connectivity index is 2.14. The van der Waals surface area contributed by atoms with Gasteiger partial charge in [-0.05, 0) is 44.7 Å². The molecule has 0 aromatic carbocycles. The highest BCUT2D eigenvalue weighted by Crippen LogP contribution is 2.34. The van der Waals surface area contributed by atoms with Gasteiger partial charge in [0.25, 0.3) is 0 Å². The highest BCUT2D eigenvalue weighted by molar-refractivity contribution is 6.28. The van der Waals surface area contributed by atoms with Gasteiger partial charge in [-0.3, -0.25) is 0 Å². The minimum atomic E-state index is -0.320. The first-order chi connectivity index (χ1) is 8.53. The van der Waals surface area contributed by atoms with Gasteiger partial charge in [-0.15, -0.1) is 0 Å². The second kappa shape index (κ2) is 5.24. The van der Waals surface area contributed by atoms with E-state index < -0.39 is 0 Å².